The number of anilines is 1. The summed E-state index contributed by atoms with van der Waals surface area (Å²) in [5.41, 5.74) is 1.15. The number of aromatic nitrogens is 1. The lowest BCUT2D eigenvalue weighted by Gasteiger charge is -2.09. The van der Waals surface area contributed by atoms with Crippen molar-refractivity contribution in [3.05, 3.63) is 45.9 Å². The van der Waals surface area contributed by atoms with Gasteiger partial charge in [-0.05, 0) is 26.0 Å². The lowest BCUT2D eigenvalue weighted by molar-refractivity contribution is -0.117. The van der Waals surface area contributed by atoms with Gasteiger partial charge in [-0.1, -0.05) is 18.2 Å². The minimum atomic E-state index is -1.01. The van der Waals surface area contributed by atoms with Crippen LogP contribution in [0.15, 0.2) is 30.3 Å². The van der Waals surface area contributed by atoms with E-state index in [0.717, 1.165) is 11.3 Å². The number of carboxylic acid groups (broad SMARTS) is 1. The second-order valence-corrected chi connectivity index (χ2v) is 5.38. The smallest absolute Gasteiger partial charge is 0.347 e. The highest BCUT2D eigenvalue weighted by Crippen LogP contribution is 2.26. The van der Waals surface area contributed by atoms with Gasteiger partial charge in [0, 0.05) is 5.69 Å². The van der Waals surface area contributed by atoms with Crippen LogP contribution in [-0.4, -0.2) is 22.0 Å². The van der Waals surface area contributed by atoms with Crippen LogP contribution in [-0.2, 0) is 4.79 Å². The number of para-hydroxylation sites is 1. The zero-order valence-corrected chi connectivity index (χ0v) is 11.9. The number of carboxylic acids is 1. The van der Waals surface area contributed by atoms with E-state index in [1.165, 1.54) is 0 Å². The summed E-state index contributed by atoms with van der Waals surface area (Å²) in [6, 6.07) is 9.11. The van der Waals surface area contributed by atoms with Crippen molar-refractivity contribution in [1.29, 1.82) is 0 Å². The van der Waals surface area contributed by atoms with Crippen LogP contribution in [0.3, 0.4) is 0 Å². The van der Waals surface area contributed by atoms with E-state index in [2.05, 4.69) is 10.3 Å². The summed E-state index contributed by atoms with van der Waals surface area (Å²) in [5, 5.41) is 12.3. The highest BCUT2D eigenvalue weighted by atomic mass is 32.1. The molecule has 1 atom stereocenters. The Labute approximate surface area is 120 Å². The van der Waals surface area contributed by atoms with Gasteiger partial charge in [-0.25, -0.2) is 9.78 Å². The molecule has 104 valence electrons. The second kappa shape index (κ2) is 5.83. The topological polar surface area (TPSA) is 79.3 Å². The van der Waals surface area contributed by atoms with E-state index in [-0.39, 0.29) is 10.8 Å². The molecule has 5 nitrogen and oxygen atoms in total. The van der Waals surface area contributed by atoms with Gasteiger partial charge >= 0.3 is 5.97 Å². The second-order valence-electron chi connectivity index (χ2n) is 4.35. The predicted octanol–water partition coefficient (Wildman–Crippen LogP) is 2.89. The highest BCUT2D eigenvalue weighted by Gasteiger charge is 2.22. The summed E-state index contributed by atoms with van der Waals surface area (Å²) >= 11 is 1.04. The molecule has 0 aliphatic heterocycles. The van der Waals surface area contributed by atoms with Gasteiger partial charge in [0.15, 0.2) is 0 Å². The largest absolute Gasteiger partial charge is 0.477 e. The van der Waals surface area contributed by atoms with Crippen LogP contribution in [0.4, 0.5) is 5.69 Å². The third kappa shape index (κ3) is 3.03. The lowest BCUT2D eigenvalue weighted by atomic mass is 10.1. The molecule has 6 heteroatoms. The monoisotopic (exact) mass is 290 g/mol. The van der Waals surface area contributed by atoms with Crippen molar-refractivity contribution in [2.45, 2.75) is 19.8 Å². The van der Waals surface area contributed by atoms with Crippen LogP contribution in [0.1, 0.15) is 33.2 Å². The summed E-state index contributed by atoms with van der Waals surface area (Å²) < 4.78 is 0. The van der Waals surface area contributed by atoms with Gasteiger partial charge in [0.25, 0.3) is 0 Å². The summed E-state index contributed by atoms with van der Waals surface area (Å²) in [4.78, 5) is 27.5. The van der Waals surface area contributed by atoms with Crippen LogP contribution < -0.4 is 5.32 Å². The molecule has 0 aliphatic carbocycles. The van der Waals surface area contributed by atoms with Crippen LogP contribution in [0.5, 0.6) is 0 Å². The first-order chi connectivity index (χ1) is 9.49. The first-order valence-electron chi connectivity index (χ1n) is 6.05. The summed E-state index contributed by atoms with van der Waals surface area (Å²) in [5.74, 6) is -1.71. The number of nitrogens with one attached hydrogen (secondary N) is 1. The normalized spacial score (nSPS) is 11.9. The van der Waals surface area contributed by atoms with Gasteiger partial charge in [0.1, 0.15) is 9.88 Å². The molecule has 0 fully saturated rings. The van der Waals surface area contributed by atoms with Crippen molar-refractivity contribution in [2.75, 3.05) is 5.32 Å². The first kappa shape index (κ1) is 14.2. The van der Waals surface area contributed by atoms with Crippen LogP contribution in [0.25, 0.3) is 0 Å². The minimum absolute atomic E-state index is 0.180. The maximum Gasteiger partial charge on any atom is 0.347 e. The quantitative estimate of drug-likeness (QED) is 0.907. The molecule has 1 amide bonds. The van der Waals surface area contributed by atoms with Gasteiger partial charge in [-0.3, -0.25) is 4.79 Å². The number of rotatable bonds is 4. The third-order valence-electron chi connectivity index (χ3n) is 2.81. The summed E-state index contributed by atoms with van der Waals surface area (Å²) in [7, 11) is 0. The molecule has 2 rings (SSSR count). The lowest BCUT2D eigenvalue weighted by Crippen LogP contribution is -2.18. The van der Waals surface area contributed by atoms with Crippen molar-refractivity contribution in [2.24, 2.45) is 0 Å². The first-order valence-corrected chi connectivity index (χ1v) is 6.87. The minimum Gasteiger partial charge on any atom is -0.477 e. The molecule has 1 aromatic heterocycles. The van der Waals surface area contributed by atoms with Gasteiger partial charge in [0.05, 0.1) is 11.6 Å². The summed E-state index contributed by atoms with van der Waals surface area (Å²) in [6.45, 7) is 3.34. The van der Waals surface area contributed by atoms with Crippen LogP contribution in [0.2, 0.25) is 0 Å². The molecule has 0 bridgehead atoms. The fourth-order valence-electron chi connectivity index (χ4n) is 1.69. The molecule has 0 radical (unpaired) electrons. The number of carbonyl (C=O) groups is 2. The van der Waals surface area contributed by atoms with E-state index >= 15 is 0 Å². The molecular formula is C14H14N2O3S. The average molecular weight is 290 g/mol. The van der Waals surface area contributed by atoms with E-state index < -0.39 is 11.9 Å². The fourth-order valence-corrected chi connectivity index (χ4v) is 2.64. The highest BCUT2D eigenvalue weighted by molar-refractivity contribution is 7.13. The average Bonchev–Trinajstić information content (AvgIpc) is 2.81. The van der Waals surface area contributed by atoms with Crippen molar-refractivity contribution >= 4 is 28.9 Å². The number of aryl methyl sites for hydroxylation is 1. The molecule has 20 heavy (non-hydrogen) atoms. The van der Waals surface area contributed by atoms with E-state index in [4.69, 9.17) is 5.11 Å². The molecule has 1 aromatic carbocycles. The number of hydrogen-bond acceptors (Lipinski definition) is 4. The Kier molecular flexibility index (Phi) is 4.14. The van der Waals surface area contributed by atoms with E-state index in [0.29, 0.717) is 16.4 Å². The summed E-state index contributed by atoms with van der Waals surface area (Å²) in [6.07, 6.45) is 0. The standard InChI is InChI=1S/C14H14N2O3S/c1-8(12(17)16-10-6-4-3-5-7-10)13-15-9(2)11(20-13)14(18)19/h3-8H,1-2H3,(H,16,17)(H,18,19)/t8-/m1/s1. The van der Waals surface area contributed by atoms with Gasteiger partial charge in [-0.2, -0.15) is 0 Å². The SMILES string of the molecule is Cc1nc([C@H](C)C(=O)Nc2ccccc2)sc1C(=O)O. The number of carbonyl (C=O) groups excluding carboxylic acids is 1. The maximum atomic E-state index is 12.1. The Morgan fingerprint density at radius 2 is 1.95 bits per heavy atom. The number of aromatic carboxylic acids is 1. The molecular weight excluding hydrogens is 276 g/mol. The number of thiazole rings is 1. The van der Waals surface area contributed by atoms with Gasteiger partial charge in [0.2, 0.25) is 5.91 Å². The Morgan fingerprint density at radius 3 is 2.50 bits per heavy atom. The number of benzene rings is 1. The number of amides is 1. The molecule has 2 aromatic rings. The van der Waals surface area contributed by atoms with E-state index in [1.54, 1.807) is 26.0 Å². The van der Waals surface area contributed by atoms with E-state index in [1.807, 2.05) is 18.2 Å². The molecule has 0 saturated heterocycles. The Morgan fingerprint density at radius 1 is 1.30 bits per heavy atom. The van der Waals surface area contributed by atoms with Crippen LogP contribution >= 0.6 is 11.3 Å². The third-order valence-corrected chi connectivity index (χ3v) is 4.14. The van der Waals surface area contributed by atoms with Crippen molar-refractivity contribution < 1.29 is 14.7 Å². The van der Waals surface area contributed by atoms with Crippen molar-refractivity contribution in [1.82, 2.24) is 4.98 Å². The van der Waals surface area contributed by atoms with Gasteiger partial charge in [-0.15, -0.1) is 11.3 Å². The van der Waals surface area contributed by atoms with Crippen LogP contribution in [0, 0.1) is 6.92 Å². The molecule has 0 unspecified atom stereocenters. The molecule has 0 aliphatic rings. The zero-order valence-electron chi connectivity index (χ0n) is 11.1. The molecule has 0 saturated carbocycles. The van der Waals surface area contributed by atoms with Gasteiger partial charge < -0.3 is 10.4 Å². The van der Waals surface area contributed by atoms with Crippen molar-refractivity contribution in [3.8, 4) is 0 Å². The predicted molar refractivity (Wildman–Crippen MR) is 77.3 cm³/mol. The zero-order chi connectivity index (χ0) is 14.7. The maximum absolute atomic E-state index is 12.1. The molecule has 0 spiro atoms. The molecule has 1 heterocycles. The number of hydrogen-bond donors (Lipinski definition) is 2. The molecule has 2 N–H and O–H groups in total. The number of nitrogens with zero attached hydrogens (tertiary/aromatic N) is 1. The Hall–Kier alpha value is -2.21. The van der Waals surface area contributed by atoms with Crippen molar-refractivity contribution in [3.63, 3.8) is 0 Å². The Bertz CT molecular complexity index is 637. The van der Waals surface area contributed by atoms with E-state index in [9.17, 15) is 9.59 Å². The Balaban J connectivity index is 2.15. The fraction of sp³-hybridized carbons (Fsp3) is 0.214.